The molecule has 0 spiro atoms. The third kappa shape index (κ3) is 5.49. The highest BCUT2D eigenvalue weighted by Crippen LogP contribution is 2.40. The number of carbonyl (C=O) groups excluding carboxylic acids is 2. The summed E-state index contributed by atoms with van der Waals surface area (Å²) in [6, 6.07) is 5.75. The number of dihydropyridines is 1. The summed E-state index contributed by atoms with van der Waals surface area (Å²) in [7, 11) is 0. The molecule has 0 aromatic heterocycles. The molecule has 1 aliphatic heterocycles. The van der Waals surface area contributed by atoms with Crippen molar-refractivity contribution in [3.63, 3.8) is 0 Å². The predicted octanol–water partition coefficient (Wildman–Crippen LogP) is 4.48. The van der Waals surface area contributed by atoms with E-state index in [9.17, 15) is 19.7 Å². The van der Waals surface area contributed by atoms with Crippen LogP contribution in [-0.4, -0.2) is 29.9 Å². The molecule has 2 rings (SSSR count). The summed E-state index contributed by atoms with van der Waals surface area (Å²) in [5.41, 5.74) is 1.14. The maximum Gasteiger partial charge on any atom is 0.513 e. The molecule has 10 heteroatoms. The summed E-state index contributed by atoms with van der Waals surface area (Å²) in [5.74, 6) is -0.742. The normalized spacial score (nSPS) is 16.1. The van der Waals surface area contributed by atoms with Gasteiger partial charge in [-0.15, -0.1) is 0 Å². The van der Waals surface area contributed by atoms with Crippen LogP contribution in [-0.2, 0) is 18.9 Å². The van der Waals surface area contributed by atoms with Crippen molar-refractivity contribution in [2.45, 2.75) is 46.6 Å². The lowest BCUT2D eigenvalue weighted by Gasteiger charge is -2.30. The first kappa shape index (κ1) is 22.7. The molecule has 1 N–H and O–H groups in total. The smallest absolute Gasteiger partial charge is 0.434 e. The van der Waals surface area contributed by atoms with Gasteiger partial charge < -0.3 is 24.3 Å². The maximum atomic E-state index is 12.2. The number of nitrogens with one attached hydrogen (secondary N) is 1. The Labute approximate surface area is 173 Å². The standard InChI is InChI=1S/C20H24N2O8/c1-6-27-19(23)29-17-12(4)21-13(5)18(30-20(24)28-11(2)3)16(17)14-8-7-9-15(10-14)22(25)26/h7-11,16,21H,6H2,1-5H3. The lowest BCUT2D eigenvalue weighted by molar-refractivity contribution is -0.384. The maximum absolute atomic E-state index is 12.2. The van der Waals surface area contributed by atoms with Gasteiger partial charge in [0.25, 0.3) is 5.69 Å². The van der Waals surface area contributed by atoms with Gasteiger partial charge in [-0.2, -0.15) is 0 Å². The van der Waals surface area contributed by atoms with Gasteiger partial charge in [0.15, 0.2) is 0 Å². The highest BCUT2D eigenvalue weighted by atomic mass is 16.7. The lowest BCUT2D eigenvalue weighted by Crippen LogP contribution is -2.29. The van der Waals surface area contributed by atoms with Crippen molar-refractivity contribution >= 4 is 18.0 Å². The number of ether oxygens (including phenoxy) is 4. The van der Waals surface area contributed by atoms with Gasteiger partial charge in [0.2, 0.25) is 0 Å². The molecule has 0 saturated heterocycles. The quantitative estimate of drug-likeness (QED) is 0.402. The molecule has 162 valence electrons. The largest absolute Gasteiger partial charge is 0.513 e. The summed E-state index contributed by atoms with van der Waals surface area (Å²) < 4.78 is 20.7. The molecule has 1 aromatic rings. The first-order valence-electron chi connectivity index (χ1n) is 9.30. The number of nitrogens with zero attached hydrogens (tertiary/aromatic N) is 1. The van der Waals surface area contributed by atoms with Crippen molar-refractivity contribution in [3.05, 3.63) is 62.9 Å². The van der Waals surface area contributed by atoms with Crippen LogP contribution < -0.4 is 5.32 Å². The van der Waals surface area contributed by atoms with E-state index in [0.29, 0.717) is 17.0 Å². The zero-order valence-corrected chi connectivity index (χ0v) is 17.4. The van der Waals surface area contributed by atoms with Crippen LogP contribution in [0.3, 0.4) is 0 Å². The number of nitro groups is 1. The Balaban J connectivity index is 2.54. The minimum absolute atomic E-state index is 0.0889. The summed E-state index contributed by atoms with van der Waals surface area (Å²) in [6.07, 6.45) is -2.32. The van der Waals surface area contributed by atoms with E-state index in [1.54, 1.807) is 40.7 Å². The van der Waals surface area contributed by atoms with Crippen LogP contribution in [0.15, 0.2) is 47.2 Å². The molecule has 0 bridgehead atoms. The van der Waals surface area contributed by atoms with E-state index < -0.39 is 29.3 Å². The Bertz CT molecular complexity index is 904. The van der Waals surface area contributed by atoms with Gasteiger partial charge in [0.05, 0.1) is 29.0 Å². The van der Waals surface area contributed by atoms with Crippen LogP contribution >= 0.6 is 0 Å². The minimum atomic E-state index is -0.952. The SMILES string of the molecule is CCOC(=O)OC1=C(C)NC(C)=C(OC(=O)OC(C)C)C1c1cccc([N+](=O)[O-])c1. The Hall–Kier alpha value is -3.56. The van der Waals surface area contributed by atoms with E-state index in [2.05, 4.69) is 5.32 Å². The molecular formula is C20H24N2O8. The fourth-order valence-corrected chi connectivity index (χ4v) is 2.89. The highest BCUT2D eigenvalue weighted by Gasteiger charge is 2.36. The lowest BCUT2D eigenvalue weighted by atomic mass is 9.90. The van der Waals surface area contributed by atoms with Gasteiger partial charge in [-0.05, 0) is 40.2 Å². The molecule has 1 aromatic carbocycles. The Morgan fingerprint density at radius 3 is 2.27 bits per heavy atom. The average Bonchev–Trinajstić information content (AvgIpc) is 2.65. The van der Waals surface area contributed by atoms with E-state index in [1.165, 1.54) is 18.2 Å². The second kappa shape index (κ2) is 9.77. The molecule has 0 saturated carbocycles. The number of allylic oxidation sites excluding steroid dienone is 2. The second-order valence-electron chi connectivity index (χ2n) is 6.69. The molecule has 1 heterocycles. The predicted molar refractivity (Wildman–Crippen MR) is 105 cm³/mol. The van der Waals surface area contributed by atoms with Crippen molar-refractivity contribution in [2.24, 2.45) is 0 Å². The number of rotatable bonds is 6. The van der Waals surface area contributed by atoms with E-state index in [4.69, 9.17) is 18.9 Å². The van der Waals surface area contributed by atoms with Crippen LogP contribution in [0.2, 0.25) is 0 Å². The Morgan fingerprint density at radius 1 is 1.13 bits per heavy atom. The number of non-ortho nitro benzene ring substituents is 1. The summed E-state index contributed by atoms with van der Waals surface area (Å²) >= 11 is 0. The zero-order valence-electron chi connectivity index (χ0n) is 17.4. The fraction of sp³-hybridized carbons (Fsp3) is 0.400. The molecule has 0 amide bonds. The monoisotopic (exact) mass is 420 g/mol. The van der Waals surface area contributed by atoms with E-state index in [1.807, 2.05) is 0 Å². The number of hydrogen-bond donors (Lipinski definition) is 1. The van der Waals surface area contributed by atoms with Gasteiger partial charge in [0.1, 0.15) is 17.4 Å². The van der Waals surface area contributed by atoms with Crippen molar-refractivity contribution < 1.29 is 33.5 Å². The number of nitro benzene ring substituents is 1. The topological polar surface area (TPSA) is 126 Å². The van der Waals surface area contributed by atoms with Crippen LogP contribution in [0, 0.1) is 10.1 Å². The van der Waals surface area contributed by atoms with E-state index >= 15 is 0 Å². The van der Waals surface area contributed by atoms with Crippen LogP contribution in [0.5, 0.6) is 0 Å². The van der Waals surface area contributed by atoms with Crippen LogP contribution in [0.4, 0.5) is 15.3 Å². The molecule has 1 atom stereocenters. The fourth-order valence-electron chi connectivity index (χ4n) is 2.89. The van der Waals surface area contributed by atoms with Gasteiger partial charge >= 0.3 is 12.3 Å². The molecule has 10 nitrogen and oxygen atoms in total. The van der Waals surface area contributed by atoms with E-state index in [-0.39, 0.29) is 23.8 Å². The van der Waals surface area contributed by atoms with Crippen LogP contribution in [0.1, 0.15) is 46.1 Å². The minimum Gasteiger partial charge on any atom is -0.434 e. The average molecular weight is 420 g/mol. The third-order valence-corrected chi connectivity index (χ3v) is 4.03. The summed E-state index contributed by atoms with van der Waals surface area (Å²) in [6.45, 7) is 8.37. The van der Waals surface area contributed by atoms with Gasteiger partial charge in [-0.3, -0.25) is 10.1 Å². The van der Waals surface area contributed by atoms with Crippen molar-refractivity contribution in [1.82, 2.24) is 5.32 Å². The Morgan fingerprint density at radius 2 is 1.73 bits per heavy atom. The molecule has 0 aliphatic carbocycles. The van der Waals surface area contributed by atoms with Crippen LogP contribution in [0.25, 0.3) is 0 Å². The first-order chi connectivity index (χ1) is 14.1. The first-order valence-corrected chi connectivity index (χ1v) is 9.30. The molecular weight excluding hydrogens is 396 g/mol. The second-order valence-corrected chi connectivity index (χ2v) is 6.69. The van der Waals surface area contributed by atoms with Gasteiger partial charge in [0, 0.05) is 12.1 Å². The van der Waals surface area contributed by atoms with Crippen molar-refractivity contribution in [2.75, 3.05) is 6.61 Å². The molecule has 1 aliphatic rings. The van der Waals surface area contributed by atoms with Gasteiger partial charge in [-0.25, -0.2) is 9.59 Å². The number of carbonyl (C=O) groups is 2. The number of benzene rings is 1. The van der Waals surface area contributed by atoms with E-state index in [0.717, 1.165) is 0 Å². The third-order valence-electron chi connectivity index (χ3n) is 4.03. The molecule has 0 radical (unpaired) electrons. The number of hydrogen-bond acceptors (Lipinski definition) is 9. The summed E-state index contributed by atoms with van der Waals surface area (Å²) in [5, 5.41) is 14.2. The van der Waals surface area contributed by atoms with Crippen molar-refractivity contribution in [3.8, 4) is 0 Å². The molecule has 1 unspecified atom stereocenters. The van der Waals surface area contributed by atoms with Gasteiger partial charge in [-0.1, -0.05) is 12.1 Å². The zero-order chi connectivity index (χ0) is 22.4. The van der Waals surface area contributed by atoms with Crippen molar-refractivity contribution in [1.29, 1.82) is 0 Å². The Kier molecular flexibility index (Phi) is 7.40. The highest BCUT2D eigenvalue weighted by molar-refractivity contribution is 5.65. The molecule has 30 heavy (non-hydrogen) atoms. The molecule has 0 fully saturated rings. The summed E-state index contributed by atoms with van der Waals surface area (Å²) in [4.78, 5) is 34.9.